The van der Waals surface area contributed by atoms with Crippen LogP contribution in [0.4, 0.5) is 0 Å². The molecule has 0 radical (unpaired) electrons. The summed E-state index contributed by atoms with van der Waals surface area (Å²) in [5.74, 6) is 0. The molecule has 2 heterocycles. The highest BCUT2D eigenvalue weighted by molar-refractivity contribution is 6.30. The fraction of sp³-hybridized carbons (Fsp3) is 0.529. The van der Waals surface area contributed by atoms with Crippen LogP contribution in [-0.2, 0) is 20.6 Å². The maximum Gasteiger partial charge on any atom is 0.146 e. The van der Waals surface area contributed by atoms with Crippen molar-refractivity contribution in [2.24, 2.45) is 5.41 Å². The van der Waals surface area contributed by atoms with Gasteiger partial charge < -0.3 is 14.2 Å². The Morgan fingerprint density at radius 1 is 1.29 bits per heavy atom. The van der Waals surface area contributed by atoms with Gasteiger partial charge >= 0.3 is 0 Å². The van der Waals surface area contributed by atoms with Crippen LogP contribution in [0, 0.1) is 5.41 Å². The Hall–Kier alpha value is -1.47. The maximum absolute atomic E-state index is 6.00. The zero-order chi connectivity index (χ0) is 17.0. The molecule has 3 rings (SSSR count). The van der Waals surface area contributed by atoms with Gasteiger partial charge in [-0.05, 0) is 24.1 Å². The van der Waals surface area contributed by atoms with E-state index in [-0.39, 0.29) is 17.6 Å². The summed E-state index contributed by atoms with van der Waals surface area (Å²) in [4.78, 5) is 4.10. The molecule has 7 heteroatoms. The molecule has 2 atom stereocenters. The van der Waals surface area contributed by atoms with E-state index in [1.165, 1.54) is 6.33 Å². The first kappa shape index (κ1) is 17.4. The number of rotatable bonds is 6. The normalized spacial score (nSPS) is 19.8. The molecule has 24 heavy (non-hydrogen) atoms. The van der Waals surface area contributed by atoms with Gasteiger partial charge in [0.25, 0.3) is 0 Å². The smallest absolute Gasteiger partial charge is 0.146 e. The highest BCUT2D eigenvalue weighted by Gasteiger charge is 2.43. The molecule has 0 saturated carbocycles. The van der Waals surface area contributed by atoms with E-state index in [1.54, 1.807) is 13.4 Å². The fourth-order valence-electron chi connectivity index (χ4n) is 3.31. The quantitative estimate of drug-likeness (QED) is 0.801. The van der Waals surface area contributed by atoms with Crippen molar-refractivity contribution in [3.05, 3.63) is 47.5 Å². The van der Waals surface area contributed by atoms with Crippen LogP contribution in [0.2, 0.25) is 5.02 Å². The third-order valence-corrected chi connectivity index (χ3v) is 4.71. The number of hydrogen-bond acceptors (Lipinski definition) is 5. The van der Waals surface area contributed by atoms with Crippen LogP contribution in [0.25, 0.3) is 0 Å². The van der Waals surface area contributed by atoms with E-state index < -0.39 is 0 Å². The molecule has 0 spiro atoms. The molecule has 1 aromatic heterocycles. The van der Waals surface area contributed by atoms with Crippen molar-refractivity contribution in [3.63, 3.8) is 0 Å². The third-order valence-electron chi connectivity index (χ3n) is 4.46. The predicted molar refractivity (Wildman–Crippen MR) is 89.9 cm³/mol. The van der Waals surface area contributed by atoms with Crippen molar-refractivity contribution in [2.45, 2.75) is 25.5 Å². The van der Waals surface area contributed by atoms with Crippen LogP contribution in [0.5, 0.6) is 0 Å². The lowest BCUT2D eigenvalue weighted by molar-refractivity contribution is -0.201. The molecule has 2 unspecified atom stereocenters. The molecule has 0 aliphatic carbocycles. The minimum Gasteiger partial charge on any atom is -0.378 e. The average molecular weight is 352 g/mol. The molecule has 1 saturated heterocycles. The predicted octanol–water partition coefficient (Wildman–Crippen LogP) is 2.74. The van der Waals surface area contributed by atoms with Gasteiger partial charge in [-0.2, -0.15) is 5.10 Å². The minimum atomic E-state index is -0.268. The van der Waals surface area contributed by atoms with Gasteiger partial charge in [0.15, 0.2) is 0 Å². The van der Waals surface area contributed by atoms with Crippen LogP contribution in [0.1, 0.15) is 18.5 Å². The van der Waals surface area contributed by atoms with Crippen LogP contribution >= 0.6 is 11.6 Å². The molecule has 1 aliphatic rings. The van der Waals surface area contributed by atoms with Crippen LogP contribution in [0.15, 0.2) is 36.9 Å². The maximum atomic E-state index is 6.00. The van der Waals surface area contributed by atoms with E-state index in [2.05, 4.69) is 17.0 Å². The van der Waals surface area contributed by atoms with Crippen LogP contribution < -0.4 is 0 Å². The number of halogens is 1. The Labute approximate surface area is 146 Å². The van der Waals surface area contributed by atoms with Crippen LogP contribution in [0.3, 0.4) is 0 Å². The number of methoxy groups -OCH3 is 1. The lowest BCUT2D eigenvalue weighted by Crippen LogP contribution is -2.49. The van der Waals surface area contributed by atoms with Gasteiger partial charge in [-0.15, -0.1) is 0 Å². The zero-order valence-corrected chi connectivity index (χ0v) is 14.6. The lowest BCUT2D eigenvalue weighted by atomic mass is 9.79. The van der Waals surface area contributed by atoms with Gasteiger partial charge in [0, 0.05) is 17.5 Å². The van der Waals surface area contributed by atoms with E-state index in [4.69, 9.17) is 25.8 Å². The van der Waals surface area contributed by atoms with E-state index in [1.807, 2.05) is 28.9 Å². The summed E-state index contributed by atoms with van der Waals surface area (Å²) >= 11 is 6.00. The lowest BCUT2D eigenvalue weighted by Gasteiger charge is -2.42. The molecular weight excluding hydrogens is 330 g/mol. The number of hydrogen-bond donors (Lipinski definition) is 0. The van der Waals surface area contributed by atoms with Crippen molar-refractivity contribution >= 4 is 11.6 Å². The molecular formula is C17H22ClN3O3. The molecule has 6 nitrogen and oxygen atoms in total. The average Bonchev–Trinajstić information content (AvgIpc) is 3.11. The highest BCUT2D eigenvalue weighted by atomic mass is 35.5. The van der Waals surface area contributed by atoms with Gasteiger partial charge in [-0.1, -0.05) is 30.7 Å². The zero-order valence-electron chi connectivity index (χ0n) is 13.9. The standard InChI is InChI=1S/C17H22ClN3O3/c1-17(8-23-12-24-9-17)16(22-2)15(21-11-19-10-20-21)7-13-3-5-14(18)6-4-13/h3-6,10-11,15-16H,7-9,12H2,1-2H3. The summed E-state index contributed by atoms with van der Waals surface area (Å²) in [6.45, 7) is 3.61. The Bertz CT molecular complexity index is 627. The Kier molecular flexibility index (Phi) is 5.50. The Balaban J connectivity index is 1.89. The molecule has 2 aromatic rings. The van der Waals surface area contributed by atoms with Gasteiger partial charge in [-0.25, -0.2) is 9.67 Å². The number of nitrogens with zero attached hydrogens (tertiary/aromatic N) is 3. The van der Waals surface area contributed by atoms with E-state index in [0.717, 1.165) is 17.0 Å². The van der Waals surface area contributed by atoms with Crippen molar-refractivity contribution in [3.8, 4) is 0 Å². The number of benzene rings is 1. The second kappa shape index (κ2) is 7.61. The molecule has 130 valence electrons. The second-order valence-electron chi connectivity index (χ2n) is 6.40. The van der Waals surface area contributed by atoms with Crippen molar-refractivity contribution in [1.29, 1.82) is 0 Å². The van der Waals surface area contributed by atoms with E-state index in [0.29, 0.717) is 20.0 Å². The number of ether oxygens (including phenoxy) is 3. The van der Waals surface area contributed by atoms with Crippen LogP contribution in [-0.4, -0.2) is 48.0 Å². The van der Waals surface area contributed by atoms with Gasteiger partial charge in [-0.3, -0.25) is 0 Å². The fourth-order valence-corrected chi connectivity index (χ4v) is 3.44. The summed E-state index contributed by atoms with van der Waals surface area (Å²) in [6.07, 6.45) is 3.86. The first-order valence-electron chi connectivity index (χ1n) is 7.89. The summed E-state index contributed by atoms with van der Waals surface area (Å²) < 4.78 is 18.8. The third kappa shape index (κ3) is 3.78. The monoisotopic (exact) mass is 351 g/mol. The summed E-state index contributed by atoms with van der Waals surface area (Å²) in [6, 6.07) is 7.80. The molecule has 0 bridgehead atoms. The molecule has 0 N–H and O–H groups in total. The minimum absolute atomic E-state index is 0.0334. The first-order chi connectivity index (χ1) is 11.6. The highest BCUT2D eigenvalue weighted by Crippen LogP contribution is 2.36. The first-order valence-corrected chi connectivity index (χ1v) is 8.27. The van der Waals surface area contributed by atoms with Crippen molar-refractivity contribution in [1.82, 2.24) is 14.8 Å². The summed E-state index contributed by atoms with van der Waals surface area (Å²) in [7, 11) is 1.72. The summed E-state index contributed by atoms with van der Waals surface area (Å²) in [5, 5.41) is 5.07. The van der Waals surface area contributed by atoms with E-state index in [9.17, 15) is 0 Å². The van der Waals surface area contributed by atoms with Gasteiger partial charge in [0.05, 0.1) is 25.4 Å². The Morgan fingerprint density at radius 2 is 2.00 bits per heavy atom. The molecule has 1 aliphatic heterocycles. The molecule has 1 aromatic carbocycles. The van der Waals surface area contributed by atoms with Crippen molar-refractivity contribution < 1.29 is 14.2 Å². The number of aromatic nitrogens is 3. The SMILES string of the molecule is COC(C(Cc1ccc(Cl)cc1)n1cncn1)C1(C)COCOC1. The topological polar surface area (TPSA) is 58.4 Å². The largest absolute Gasteiger partial charge is 0.378 e. The molecule has 0 amide bonds. The van der Waals surface area contributed by atoms with Gasteiger partial charge in [0.2, 0.25) is 0 Å². The van der Waals surface area contributed by atoms with E-state index >= 15 is 0 Å². The molecule has 1 fully saturated rings. The Morgan fingerprint density at radius 3 is 2.58 bits per heavy atom. The van der Waals surface area contributed by atoms with Gasteiger partial charge in [0.1, 0.15) is 19.4 Å². The summed E-state index contributed by atoms with van der Waals surface area (Å²) in [5.41, 5.74) is 0.888. The van der Waals surface area contributed by atoms with Crippen molar-refractivity contribution in [2.75, 3.05) is 27.1 Å². The second-order valence-corrected chi connectivity index (χ2v) is 6.83.